The smallest absolute Gasteiger partial charge is 0.0207 e. The third-order valence-electron chi connectivity index (χ3n) is 4.03. The molecule has 0 bridgehead atoms. The summed E-state index contributed by atoms with van der Waals surface area (Å²) in [5.41, 5.74) is 9.33. The zero-order chi connectivity index (χ0) is 13.2. The second kappa shape index (κ2) is 5.78. The van der Waals surface area contributed by atoms with Crippen molar-refractivity contribution in [3.8, 4) is 0 Å². The van der Waals surface area contributed by atoms with Crippen LogP contribution in [-0.4, -0.2) is 6.04 Å². The summed E-state index contributed by atoms with van der Waals surface area (Å²) in [7, 11) is 0. The Morgan fingerprint density at radius 3 is 3.00 bits per heavy atom. The summed E-state index contributed by atoms with van der Waals surface area (Å²) in [6.07, 6.45) is 4.70. The maximum Gasteiger partial charge on any atom is 0.0207 e. The van der Waals surface area contributed by atoms with Gasteiger partial charge >= 0.3 is 0 Å². The standard InChI is InChI=1S/C16H18BrNS/c17-14-6-2-1-4-11(14)10-15(18)12-5-3-7-16-13(12)8-9-19-16/h1-2,4,6,8-9,12,15H,3,5,7,10,18H2. The molecule has 0 saturated carbocycles. The molecule has 2 aromatic rings. The minimum atomic E-state index is 0.215. The van der Waals surface area contributed by atoms with E-state index in [0.717, 1.165) is 6.42 Å². The number of benzene rings is 1. The zero-order valence-corrected chi connectivity index (χ0v) is 13.2. The highest BCUT2D eigenvalue weighted by molar-refractivity contribution is 9.10. The minimum absolute atomic E-state index is 0.215. The van der Waals surface area contributed by atoms with Crippen molar-refractivity contribution in [2.24, 2.45) is 5.73 Å². The molecule has 19 heavy (non-hydrogen) atoms. The predicted octanol–water partition coefficient (Wildman–Crippen LogP) is 4.50. The van der Waals surface area contributed by atoms with Gasteiger partial charge in [0.25, 0.3) is 0 Å². The van der Waals surface area contributed by atoms with Crippen LogP contribution in [-0.2, 0) is 12.8 Å². The topological polar surface area (TPSA) is 26.0 Å². The molecular formula is C16H18BrNS. The van der Waals surface area contributed by atoms with E-state index in [1.165, 1.54) is 34.9 Å². The van der Waals surface area contributed by atoms with Gasteiger partial charge in [0.1, 0.15) is 0 Å². The Bertz CT molecular complexity index is 563. The summed E-state index contributed by atoms with van der Waals surface area (Å²) >= 11 is 5.51. The fourth-order valence-corrected chi connectivity index (χ4v) is 4.47. The van der Waals surface area contributed by atoms with Gasteiger partial charge in [-0.1, -0.05) is 34.1 Å². The van der Waals surface area contributed by atoms with E-state index < -0.39 is 0 Å². The van der Waals surface area contributed by atoms with Gasteiger partial charge in [-0.25, -0.2) is 0 Å². The van der Waals surface area contributed by atoms with Gasteiger partial charge in [0.2, 0.25) is 0 Å². The maximum atomic E-state index is 6.51. The van der Waals surface area contributed by atoms with Crippen LogP contribution in [0.25, 0.3) is 0 Å². The fourth-order valence-electron chi connectivity index (χ4n) is 3.03. The Balaban J connectivity index is 1.79. The Hall–Kier alpha value is -0.640. The summed E-state index contributed by atoms with van der Waals surface area (Å²) in [6.45, 7) is 0. The maximum absolute atomic E-state index is 6.51. The van der Waals surface area contributed by atoms with Gasteiger partial charge < -0.3 is 5.73 Å². The quantitative estimate of drug-likeness (QED) is 0.877. The third kappa shape index (κ3) is 2.78. The van der Waals surface area contributed by atoms with Crippen molar-refractivity contribution in [2.75, 3.05) is 0 Å². The van der Waals surface area contributed by atoms with Crippen LogP contribution in [0.4, 0.5) is 0 Å². The predicted molar refractivity (Wildman–Crippen MR) is 85.8 cm³/mol. The average Bonchev–Trinajstić information content (AvgIpc) is 2.89. The first-order valence-corrected chi connectivity index (χ1v) is 8.48. The van der Waals surface area contributed by atoms with Crippen molar-refractivity contribution in [3.63, 3.8) is 0 Å². The molecule has 0 spiro atoms. The zero-order valence-electron chi connectivity index (χ0n) is 10.8. The van der Waals surface area contributed by atoms with Gasteiger partial charge in [0, 0.05) is 21.3 Å². The molecule has 2 atom stereocenters. The first-order chi connectivity index (χ1) is 9.25. The van der Waals surface area contributed by atoms with Crippen LogP contribution in [0, 0.1) is 0 Å². The van der Waals surface area contributed by atoms with E-state index in [-0.39, 0.29) is 6.04 Å². The lowest BCUT2D eigenvalue weighted by Gasteiger charge is -2.28. The molecule has 1 aliphatic rings. The lowest BCUT2D eigenvalue weighted by molar-refractivity contribution is 0.463. The molecule has 1 aromatic carbocycles. The second-order valence-electron chi connectivity index (χ2n) is 5.26. The Morgan fingerprint density at radius 2 is 2.16 bits per heavy atom. The number of hydrogen-bond acceptors (Lipinski definition) is 2. The Kier molecular flexibility index (Phi) is 4.06. The monoisotopic (exact) mass is 335 g/mol. The molecule has 0 amide bonds. The largest absolute Gasteiger partial charge is 0.327 e. The number of fused-ring (bicyclic) bond motifs is 1. The number of thiophene rings is 1. The van der Waals surface area contributed by atoms with Crippen molar-refractivity contribution >= 4 is 27.3 Å². The van der Waals surface area contributed by atoms with E-state index in [2.05, 4.69) is 51.6 Å². The molecule has 3 rings (SSSR count). The summed E-state index contributed by atoms with van der Waals surface area (Å²) in [4.78, 5) is 1.55. The van der Waals surface area contributed by atoms with Gasteiger partial charge in [0.05, 0.1) is 0 Å². The molecule has 100 valence electrons. The highest BCUT2D eigenvalue weighted by Crippen LogP contribution is 2.37. The summed E-state index contributed by atoms with van der Waals surface area (Å²) in [6, 6.07) is 10.9. The Labute approximate surface area is 127 Å². The van der Waals surface area contributed by atoms with Crippen LogP contribution >= 0.6 is 27.3 Å². The molecule has 2 N–H and O–H groups in total. The molecule has 1 nitrogen and oxygen atoms in total. The summed E-state index contributed by atoms with van der Waals surface area (Å²) in [5.74, 6) is 0.530. The molecule has 0 fully saturated rings. The minimum Gasteiger partial charge on any atom is -0.327 e. The highest BCUT2D eigenvalue weighted by atomic mass is 79.9. The van der Waals surface area contributed by atoms with E-state index in [1.54, 1.807) is 4.88 Å². The molecule has 1 heterocycles. The van der Waals surface area contributed by atoms with Gasteiger partial charge in [0.15, 0.2) is 0 Å². The van der Waals surface area contributed by atoms with Gasteiger partial charge in [-0.2, -0.15) is 0 Å². The number of nitrogens with two attached hydrogens (primary N) is 1. The third-order valence-corrected chi connectivity index (χ3v) is 5.80. The van der Waals surface area contributed by atoms with E-state index in [1.807, 2.05) is 11.3 Å². The molecular weight excluding hydrogens is 318 g/mol. The van der Waals surface area contributed by atoms with Crippen molar-refractivity contribution in [1.82, 2.24) is 0 Å². The first kappa shape index (κ1) is 13.3. The van der Waals surface area contributed by atoms with Crippen LogP contribution in [0.5, 0.6) is 0 Å². The lowest BCUT2D eigenvalue weighted by atomic mass is 9.81. The Morgan fingerprint density at radius 1 is 1.32 bits per heavy atom. The van der Waals surface area contributed by atoms with Crippen LogP contribution in [0.2, 0.25) is 0 Å². The molecule has 3 heteroatoms. The van der Waals surface area contributed by atoms with Crippen LogP contribution in [0.1, 0.15) is 34.8 Å². The second-order valence-corrected chi connectivity index (χ2v) is 7.11. The molecule has 0 aliphatic heterocycles. The van der Waals surface area contributed by atoms with Crippen molar-refractivity contribution in [2.45, 2.75) is 37.6 Å². The van der Waals surface area contributed by atoms with Crippen molar-refractivity contribution in [3.05, 3.63) is 56.2 Å². The van der Waals surface area contributed by atoms with Crippen LogP contribution in [0.15, 0.2) is 40.2 Å². The number of hydrogen-bond donors (Lipinski definition) is 1. The fraction of sp³-hybridized carbons (Fsp3) is 0.375. The van der Waals surface area contributed by atoms with Gasteiger partial charge in [-0.05, 0) is 54.3 Å². The number of rotatable bonds is 3. The van der Waals surface area contributed by atoms with E-state index >= 15 is 0 Å². The SMILES string of the molecule is NC(Cc1ccccc1Br)C1CCCc2sccc21. The van der Waals surface area contributed by atoms with E-state index in [0.29, 0.717) is 5.92 Å². The van der Waals surface area contributed by atoms with Crippen molar-refractivity contribution in [1.29, 1.82) is 0 Å². The van der Waals surface area contributed by atoms with E-state index in [9.17, 15) is 0 Å². The average molecular weight is 336 g/mol. The number of halogens is 1. The molecule has 0 saturated heterocycles. The first-order valence-electron chi connectivity index (χ1n) is 6.81. The molecule has 0 radical (unpaired) electrons. The van der Waals surface area contributed by atoms with Gasteiger partial charge in [-0.3, -0.25) is 0 Å². The van der Waals surface area contributed by atoms with Gasteiger partial charge in [-0.15, -0.1) is 11.3 Å². The normalized spacial score (nSPS) is 20.0. The summed E-state index contributed by atoms with van der Waals surface area (Å²) in [5, 5.41) is 2.22. The molecule has 1 aromatic heterocycles. The van der Waals surface area contributed by atoms with Crippen LogP contribution < -0.4 is 5.73 Å². The number of aryl methyl sites for hydroxylation is 1. The highest BCUT2D eigenvalue weighted by Gasteiger charge is 2.26. The molecule has 2 unspecified atom stereocenters. The van der Waals surface area contributed by atoms with Crippen molar-refractivity contribution < 1.29 is 0 Å². The van der Waals surface area contributed by atoms with E-state index in [4.69, 9.17) is 5.73 Å². The van der Waals surface area contributed by atoms with Crippen LogP contribution in [0.3, 0.4) is 0 Å². The lowest BCUT2D eigenvalue weighted by Crippen LogP contribution is -2.32. The summed E-state index contributed by atoms with van der Waals surface area (Å²) < 4.78 is 1.17. The molecule has 1 aliphatic carbocycles.